The van der Waals surface area contributed by atoms with E-state index < -0.39 is 0 Å². The molecule has 0 saturated carbocycles. The molecule has 1 fully saturated rings. The summed E-state index contributed by atoms with van der Waals surface area (Å²) in [6.45, 7) is 3.34. The molecule has 210 valence electrons. The van der Waals surface area contributed by atoms with Gasteiger partial charge in [-0.25, -0.2) is 17.6 Å². The lowest BCUT2D eigenvalue weighted by Crippen LogP contribution is -2.29. The predicted molar refractivity (Wildman–Crippen MR) is 161 cm³/mol. The number of benzene rings is 2. The lowest BCUT2D eigenvalue weighted by atomic mass is 10.1. The van der Waals surface area contributed by atoms with Crippen LogP contribution in [0.15, 0.2) is 70.3 Å². The summed E-state index contributed by atoms with van der Waals surface area (Å²) in [5.41, 5.74) is 1.96. The maximum Gasteiger partial charge on any atom is 0.341 e. The summed E-state index contributed by atoms with van der Waals surface area (Å²) in [7, 11) is 0. The third-order valence-electron chi connectivity index (χ3n) is 7.07. The van der Waals surface area contributed by atoms with Crippen LogP contribution >= 0.6 is 23.5 Å². The summed E-state index contributed by atoms with van der Waals surface area (Å²) >= 11 is 2.40. The van der Waals surface area contributed by atoms with Crippen molar-refractivity contribution in [3.05, 3.63) is 91.9 Å². The first kappa shape index (κ1) is 29.4. The van der Waals surface area contributed by atoms with Gasteiger partial charge in [-0.2, -0.15) is 0 Å². The van der Waals surface area contributed by atoms with E-state index in [1.54, 1.807) is 3.96 Å². The first-order chi connectivity index (χ1) is 19.1. The molecular formula is C30H40N4O3S2. The van der Waals surface area contributed by atoms with E-state index in [1.807, 2.05) is 53.4 Å². The number of rotatable bonds is 17. The van der Waals surface area contributed by atoms with Gasteiger partial charge in [0, 0.05) is 43.1 Å². The smallest absolute Gasteiger partial charge is 0.314 e. The second kappa shape index (κ2) is 15.8. The van der Waals surface area contributed by atoms with Crippen LogP contribution in [-0.2, 0) is 19.6 Å². The number of hydrogen-bond donors (Lipinski definition) is 0. The van der Waals surface area contributed by atoms with Gasteiger partial charge in [0.05, 0.1) is 13.2 Å². The van der Waals surface area contributed by atoms with Crippen molar-refractivity contribution >= 4 is 28.7 Å². The first-order valence-corrected chi connectivity index (χ1v) is 15.8. The summed E-state index contributed by atoms with van der Waals surface area (Å²) in [6.07, 6.45) is 11.8. The molecule has 1 aliphatic heterocycles. The van der Waals surface area contributed by atoms with E-state index >= 15 is 0 Å². The van der Waals surface area contributed by atoms with Crippen LogP contribution in [0.5, 0.6) is 0 Å². The molecule has 1 aromatic heterocycles. The third kappa shape index (κ3) is 9.51. The number of nitrogens with zero attached hydrogens (tertiary/aromatic N) is 4. The van der Waals surface area contributed by atoms with Crippen LogP contribution in [0, 0.1) is 0 Å². The molecule has 0 aliphatic carbocycles. The van der Waals surface area contributed by atoms with E-state index in [9.17, 15) is 14.4 Å². The Morgan fingerprint density at radius 1 is 0.615 bits per heavy atom. The maximum absolute atomic E-state index is 12.6. The monoisotopic (exact) mass is 568 g/mol. The molecule has 0 radical (unpaired) electrons. The molecule has 3 aromatic rings. The maximum atomic E-state index is 12.6. The van der Waals surface area contributed by atoms with Gasteiger partial charge in [-0.15, -0.1) is 0 Å². The first-order valence-electron chi connectivity index (χ1n) is 14.2. The number of hydrogen-bond acceptors (Lipinski definition) is 6. The fraction of sp³-hybridized carbons (Fsp3) is 0.500. The highest BCUT2D eigenvalue weighted by Gasteiger charge is 2.28. The largest absolute Gasteiger partial charge is 0.341 e. The average Bonchev–Trinajstić information content (AvgIpc) is 3.43. The van der Waals surface area contributed by atoms with Crippen molar-refractivity contribution in [3.8, 4) is 0 Å². The molecule has 9 heteroatoms. The van der Waals surface area contributed by atoms with Gasteiger partial charge in [0.1, 0.15) is 0 Å². The van der Waals surface area contributed by atoms with Crippen LogP contribution in [-0.4, -0.2) is 36.2 Å². The molecule has 1 amide bonds. The molecule has 0 bridgehead atoms. The Kier molecular flexibility index (Phi) is 11.9. The molecule has 1 aliphatic rings. The van der Waals surface area contributed by atoms with Gasteiger partial charge in [0.25, 0.3) is 5.24 Å². The van der Waals surface area contributed by atoms with Gasteiger partial charge in [-0.05, 0) is 24.0 Å². The second-order valence-electron chi connectivity index (χ2n) is 10.2. The number of carbonyl (C=O) groups is 1. The Hall–Kier alpha value is -2.62. The van der Waals surface area contributed by atoms with Crippen LogP contribution in [0.4, 0.5) is 4.79 Å². The van der Waals surface area contributed by atoms with Crippen molar-refractivity contribution in [2.45, 2.75) is 83.8 Å². The molecule has 0 unspecified atom stereocenters. The number of carbonyl (C=O) groups excluding carboxylic acids is 1. The molecule has 0 N–H and O–H groups in total. The van der Waals surface area contributed by atoms with Gasteiger partial charge < -0.3 is 4.90 Å². The highest BCUT2D eigenvalue weighted by molar-refractivity contribution is 8.11. The Morgan fingerprint density at radius 2 is 1.13 bits per heavy atom. The highest BCUT2D eigenvalue weighted by Crippen LogP contribution is 2.26. The minimum atomic E-state index is -0.187. The van der Waals surface area contributed by atoms with Gasteiger partial charge in [-0.3, -0.25) is 9.59 Å². The molecular weight excluding hydrogens is 528 g/mol. The number of unbranched alkanes of at least 4 members (excludes halogenated alkanes) is 9. The molecule has 2 heterocycles. The predicted octanol–water partition coefficient (Wildman–Crippen LogP) is 6.56. The zero-order valence-electron chi connectivity index (χ0n) is 22.7. The minimum absolute atomic E-state index is 0.156. The van der Waals surface area contributed by atoms with E-state index in [-0.39, 0.29) is 15.8 Å². The van der Waals surface area contributed by atoms with E-state index in [2.05, 4.69) is 16.4 Å². The lowest BCUT2D eigenvalue weighted by molar-refractivity contribution is 0.211. The van der Waals surface area contributed by atoms with Gasteiger partial charge >= 0.3 is 10.6 Å². The van der Waals surface area contributed by atoms with Gasteiger partial charge in [0.2, 0.25) is 0 Å². The van der Waals surface area contributed by atoms with Crippen LogP contribution in [0.2, 0.25) is 0 Å². The fourth-order valence-corrected chi connectivity index (χ4v) is 6.58. The van der Waals surface area contributed by atoms with Gasteiger partial charge in [-0.1, -0.05) is 112 Å². The van der Waals surface area contributed by atoms with Gasteiger partial charge in [0.15, 0.2) is 0 Å². The molecule has 0 atom stereocenters. The Labute approximate surface area is 239 Å². The number of aromatic nitrogens is 2. The average molecular weight is 569 g/mol. The van der Waals surface area contributed by atoms with Crippen molar-refractivity contribution in [1.29, 1.82) is 0 Å². The number of amides is 1. The molecule has 4 rings (SSSR count). The van der Waals surface area contributed by atoms with E-state index in [0.29, 0.717) is 26.3 Å². The zero-order valence-corrected chi connectivity index (χ0v) is 24.3. The topological polar surface area (TPSA) is 67.5 Å². The molecule has 2 aromatic carbocycles. The quantitative estimate of drug-likeness (QED) is 0.136. The minimum Gasteiger partial charge on any atom is -0.314 e. The number of aryl methyl sites for hydroxylation is 1. The highest BCUT2D eigenvalue weighted by atomic mass is 32.2. The molecule has 1 saturated heterocycles. The third-order valence-corrected chi connectivity index (χ3v) is 8.97. The summed E-state index contributed by atoms with van der Waals surface area (Å²) in [5, 5.41) is 0.156. The Balaban J connectivity index is 0.985. The SMILES string of the molecule is O=C1SN(CCCCCCCCCCCCn2sc(=O)n(Cc3ccccc3)c2=O)CN1Cc1ccccc1. The zero-order chi connectivity index (χ0) is 27.3. The normalized spacial score (nSPS) is 13.9. The van der Waals surface area contributed by atoms with E-state index in [0.717, 1.165) is 42.9 Å². The summed E-state index contributed by atoms with van der Waals surface area (Å²) in [5.74, 6) is 0. The summed E-state index contributed by atoms with van der Waals surface area (Å²) in [4.78, 5) is 38.9. The van der Waals surface area contributed by atoms with Crippen LogP contribution < -0.4 is 10.6 Å². The summed E-state index contributed by atoms with van der Waals surface area (Å²) in [6, 6.07) is 19.8. The Morgan fingerprint density at radius 3 is 1.72 bits per heavy atom. The van der Waals surface area contributed by atoms with Crippen molar-refractivity contribution in [3.63, 3.8) is 0 Å². The van der Waals surface area contributed by atoms with Crippen LogP contribution in [0.3, 0.4) is 0 Å². The molecule has 0 spiro atoms. The molecule has 7 nitrogen and oxygen atoms in total. The standard InChI is InChI=1S/C30H40N4O3S2/c35-28-33(24-27-19-13-10-14-20-27)30(37)39-34(28)22-16-8-6-4-2-1-3-5-7-15-21-32-25-31(29(36)38-32)23-26-17-11-9-12-18-26/h9-14,17-20H,1-8,15-16,21-25H2. The van der Waals surface area contributed by atoms with Crippen molar-refractivity contribution < 1.29 is 4.79 Å². The van der Waals surface area contributed by atoms with Crippen molar-refractivity contribution in [2.75, 3.05) is 13.2 Å². The fourth-order valence-electron chi connectivity index (χ4n) is 4.87. The Bertz CT molecular complexity index is 1260. The second-order valence-corrected chi connectivity index (χ2v) is 12.3. The van der Waals surface area contributed by atoms with E-state index in [4.69, 9.17) is 0 Å². The van der Waals surface area contributed by atoms with Crippen molar-refractivity contribution in [1.82, 2.24) is 17.7 Å². The van der Waals surface area contributed by atoms with E-state index in [1.165, 1.54) is 67.0 Å². The summed E-state index contributed by atoms with van der Waals surface area (Å²) < 4.78 is 5.14. The van der Waals surface area contributed by atoms with Crippen molar-refractivity contribution in [2.24, 2.45) is 0 Å². The van der Waals surface area contributed by atoms with Crippen LogP contribution in [0.25, 0.3) is 0 Å². The van der Waals surface area contributed by atoms with Crippen LogP contribution in [0.1, 0.15) is 75.3 Å². The lowest BCUT2D eigenvalue weighted by Gasteiger charge is -2.16. The molecule has 39 heavy (non-hydrogen) atoms.